The van der Waals surface area contributed by atoms with Crippen molar-refractivity contribution in [3.05, 3.63) is 457 Å². The smallest absolute Gasteiger partial charge is 0.138 e. The summed E-state index contributed by atoms with van der Waals surface area (Å²) in [6, 6.07) is 102. The Morgan fingerprint density at radius 2 is 0.528 bits per heavy atom. The number of hydrogen-bond donors (Lipinski definition) is 0. The van der Waals surface area contributed by atoms with Crippen molar-refractivity contribution in [2.24, 2.45) is 0 Å². The van der Waals surface area contributed by atoms with Crippen molar-refractivity contribution in [1.82, 2.24) is 0 Å². The van der Waals surface area contributed by atoms with Crippen LogP contribution in [-0.2, 0) is 12.8 Å². The van der Waals surface area contributed by atoms with Gasteiger partial charge in [-0.3, -0.25) is 0 Å². The van der Waals surface area contributed by atoms with Crippen LogP contribution in [0.2, 0.25) is 0 Å². The SMILES string of the molecule is Cc1ccc2c(c1)-c1cc(C)c(C)c(C)c1C2.Cc1ccc2oc3c(C)c(C)c(C)cc3c2c1.Cc1ccc2sc3c(C)c(C)c(C)cc3c2c1.Cc1cccc(-c2ccc(-c3cc(C)c(C)c(C)c3)cc2)c1.Cc1cccc(-c2ccc3c(c2)Cc2c-3cc(C)c(C)c2C)c1.Cc1cccc(-c2ccc3c(c2)oc2c(C)c(C)c(C)cc23)c1.Cc1cccc(-c2ccc3c(c2)sc2c(C)c(C)c(C)cc23)c1. The standard InChI is InChI=1S/C23H22.C22H20O.C22H20S.C22H22.C17H18.C16H16O.C16H16S/c1-14-6-5-7-18(10-14)19-8-9-21-20(12-19)13-22-17(4)16(3)15(2)11-23(21)22;2*1-13-6-5-7-17(10-13)18-8-9-19-20-11-14(2)15(3)16(4)22(20)23-21(19)12-18;1-15-6-5-7-21(12-15)19-8-10-20(11-9-19)22-13-16(2)18(4)17(3)14-22;1-10-5-6-14-9-15-13(4)12(3)11(2)8-17(15)16(14)7-10;2*1-9-5-6-15-13(7-9)14-8-10(2)11(3)12(4)16(14)17-15/h5-12H,13H2,1-4H3;2*5-12H,1-4H3;5-14H,1-4H3;5-8H,9H2,1-4H3;2*5-8H,1-4H3. The monoisotopic (exact) mass is 1890 g/mol. The Morgan fingerprint density at radius 1 is 0.176 bits per heavy atom. The first-order chi connectivity index (χ1) is 67.9. The maximum absolute atomic E-state index is 6.21. The van der Waals surface area contributed by atoms with Crippen molar-refractivity contribution in [3.8, 4) is 77.9 Å². The lowest BCUT2D eigenvalue weighted by molar-refractivity contribution is 0.664. The molecule has 0 N–H and O–H groups in total. The first-order valence-electron chi connectivity index (χ1n) is 50.5. The molecule has 0 aliphatic heterocycles. The second-order valence-corrected chi connectivity index (χ2v) is 43.3. The lowest BCUT2D eigenvalue weighted by atomic mass is 9.94. The molecule has 0 saturated heterocycles. The third-order valence-electron chi connectivity index (χ3n) is 31.5. The fourth-order valence-corrected chi connectivity index (χ4v) is 23.6. The highest BCUT2D eigenvalue weighted by atomic mass is 32.1. The molecule has 0 unspecified atom stereocenters. The van der Waals surface area contributed by atoms with Crippen molar-refractivity contribution in [3.63, 3.8) is 0 Å². The molecule has 4 aromatic heterocycles. The van der Waals surface area contributed by atoms with Crippen molar-refractivity contribution < 1.29 is 8.83 Å². The van der Waals surface area contributed by atoms with Crippen LogP contribution in [-0.4, -0.2) is 0 Å². The largest absolute Gasteiger partial charge is 0.456 e. The van der Waals surface area contributed by atoms with Gasteiger partial charge in [0.1, 0.15) is 22.3 Å². The molecule has 0 saturated carbocycles. The lowest BCUT2D eigenvalue weighted by Crippen LogP contribution is -1.93. The second-order valence-electron chi connectivity index (χ2n) is 41.2. The number of furan rings is 2. The predicted molar refractivity (Wildman–Crippen MR) is 622 cm³/mol. The molecule has 710 valence electrons. The fraction of sp³-hybridized carbons (Fsp3) is 0.217. The van der Waals surface area contributed by atoms with Crippen LogP contribution in [0.4, 0.5) is 0 Å². The molecule has 0 spiro atoms. The number of fused-ring (bicyclic) bond motifs is 18. The first kappa shape index (κ1) is 98.2. The van der Waals surface area contributed by atoms with Crippen LogP contribution >= 0.6 is 22.7 Å². The Hall–Kier alpha value is -14.0. The van der Waals surface area contributed by atoms with Crippen LogP contribution in [0.1, 0.15) is 178 Å². The summed E-state index contributed by atoms with van der Waals surface area (Å²) in [5, 5.41) is 10.5. The van der Waals surface area contributed by atoms with Gasteiger partial charge in [-0.15, -0.1) is 22.7 Å². The molecule has 18 aromatic carbocycles. The zero-order valence-electron chi connectivity index (χ0n) is 88.6. The van der Waals surface area contributed by atoms with Gasteiger partial charge >= 0.3 is 0 Å². The van der Waals surface area contributed by atoms with E-state index in [2.05, 4.69) is 473 Å². The minimum Gasteiger partial charge on any atom is -0.456 e. The average Bonchev–Trinajstić information content (AvgIpc) is 1.64. The van der Waals surface area contributed by atoms with Gasteiger partial charge in [0.25, 0.3) is 0 Å². The molecule has 4 heterocycles. The normalized spacial score (nSPS) is 11.6. The van der Waals surface area contributed by atoms with E-state index in [-0.39, 0.29) is 0 Å². The van der Waals surface area contributed by atoms with Crippen LogP contribution in [0.25, 0.3) is 162 Å². The van der Waals surface area contributed by atoms with E-state index in [0.717, 1.165) is 35.2 Å². The van der Waals surface area contributed by atoms with E-state index in [4.69, 9.17) is 8.83 Å². The van der Waals surface area contributed by atoms with Crippen LogP contribution in [0.5, 0.6) is 0 Å². The second kappa shape index (κ2) is 40.2. The number of aryl methyl sites for hydroxylation is 19. The minimum atomic E-state index is 0.965. The summed E-state index contributed by atoms with van der Waals surface area (Å²) in [7, 11) is 0. The van der Waals surface area contributed by atoms with Crippen LogP contribution in [0, 0.1) is 194 Å². The summed E-state index contributed by atoms with van der Waals surface area (Å²) in [6.07, 6.45) is 2.18. The van der Waals surface area contributed by atoms with Crippen molar-refractivity contribution in [2.75, 3.05) is 0 Å². The predicted octanol–water partition coefficient (Wildman–Crippen LogP) is 40.5. The van der Waals surface area contributed by atoms with Crippen molar-refractivity contribution in [2.45, 2.75) is 207 Å². The van der Waals surface area contributed by atoms with Crippen LogP contribution < -0.4 is 0 Å². The van der Waals surface area contributed by atoms with E-state index in [0.29, 0.717) is 0 Å². The van der Waals surface area contributed by atoms with Crippen molar-refractivity contribution in [1.29, 1.82) is 0 Å². The third kappa shape index (κ3) is 19.5. The maximum Gasteiger partial charge on any atom is 0.138 e. The zero-order chi connectivity index (χ0) is 101. The Labute approximate surface area is 850 Å². The molecule has 24 rings (SSSR count). The van der Waals surface area contributed by atoms with Crippen LogP contribution in [0.15, 0.2) is 288 Å². The highest BCUT2D eigenvalue weighted by molar-refractivity contribution is 7.26. The van der Waals surface area contributed by atoms with Gasteiger partial charge in [-0.25, -0.2) is 0 Å². The number of benzene rings is 18. The summed E-state index contributed by atoms with van der Waals surface area (Å²) in [5.74, 6) is 0. The summed E-state index contributed by atoms with van der Waals surface area (Å²) in [5.41, 5.74) is 66.8. The quantitative estimate of drug-likeness (QED) is 0.172. The molecule has 0 fully saturated rings. The third-order valence-corrected chi connectivity index (χ3v) is 34.1. The molecule has 2 aliphatic carbocycles. The zero-order valence-corrected chi connectivity index (χ0v) is 90.2. The summed E-state index contributed by atoms with van der Waals surface area (Å²) in [6.45, 7) is 61.3. The molecule has 4 heteroatoms. The Morgan fingerprint density at radius 3 is 1.04 bits per heavy atom. The van der Waals surface area contributed by atoms with Gasteiger partial charge in [-0.2, -0.15) is 0 Å². The van der Waals surface area contributed by atoms with Gasteiger partial charge in [-0.1, -0.05) is 251 Å². The Balaban J connectivity index is 0.000000110. The molecule has 2 nitrogen and oxygen atoms in total. The van der Waals surface area contributed by atoms with Gasteiger partial charge in [0.05, 0.1) is 0 Å². The van der Waals surface area contributed by atoms with Gasteiger partial charge in [-0.05, 0) is 490 Å². The molecule has 142 heavy (non-hydrogen) atoms. The van der Waals surface area contributed by atoms with Crippen molar-refractivity contribution >= 4 is 107 Å². The topological polar surface area (TPSA) is 26.3 Å². The molecule has 0 atom stereocenters. The fourth-order valence-electron chi connectivity index (χ4n) is 21.1. The highest BCUT2D eigenvalue weighted by Crippen LogP contribution is 2.47. The highest BCUT2D eigenvalue weighted by Gasteiger charge is 2.26. The molecule has 22 aromatic rings. The summed E-state index contributed by atoms with van der Waals surface area (Å²) < 4.78 is 17.9. The molecular weight excluding hydrogens is 1750 g/mol. The lowest BCUT2D eigenvalue weighted by Gasteiger charge is -2.11. The number of hydrogen-bond acceptors (Lipinski definition) is 4. The maximum atomic E-state index is 6.21. The van der Waals surface area contributed by atoms with E-state index in [1.165, 1.54) is 318 Å². The summed E-state index contributed by atoms with van der Waals surface area (Å²) >= 11 is 3.84. The van der Waals surface area contributed by atoms with E-state index >= 15 is 0 Å². The first-order valence-corrected chi connectivity index (χ1v) is 52.1. The molecule has 0 amide bonds. The molecule has 0 bridgehead atoms. The Kier molecular flexibility index (Phi) is 27.8. The minimum absolute atomic E-state index is 0.965. The van der Waals surface area contributed by atoms with Gasteiger partial charge in [0.2, 0.25) is 0 Å². The van der Waals surface area contributed by atoms with Gasteiger partial charge in [0, 0.05) is 61.9 Å². The Bertz CT molecular complexity index is 8440. The average molecular weight is 1890 g/mol. The van der Waals surface area contributed by atoms with Gasteiger partial charge in [0.15, 0.2) is 0 Å². The van der Waals surface area contributed by atoms with E-state index < -0.39 is 0 Å². The number of rotatable bonds is 5. The van der Waals surface area contributed by atoms with Gasteiger partial charge < -0.3 is 8.83 Å². The molecule has 0 radical (unpaired) electrons. The number of thiophene rings is 2. The molecule has 2 aliphatic rings. The van der Waals surface area contributed by atoms with Crippen LogP contribution in [0.3, 0.4) is 0 Å². The van der Waals surface area contributed by atoms with E-state index in [1.807, 2.05) is 22.7 Å². The van der Waals surface area contributed by atoms with E-state index in [1.54, 1.807) is 0 Å². The summed E-state index contributed by atoms with van der Waals surface area (Å²) in [4.78, 5) is 0. The molecular formula is C138H134O2S2. The van der Waals surface area contributed by atoms with E-state index in [9.17, 15) is 0 Å².